The van der Waals surface area contributed by atoms with E-state index in [4.69, 9.17) is 15.2 Å². The first-order chi connectivity index (χ1) is 13.1. The number of thiazole rings is 1. The number of nitrogens with zero attached hydrogens (tertiary/aromatic N) is 1. The Hall–Kier alpha value is -2.12. The number of amides is 1. The largest absolute Gasteiger partial charge is 0.493 e. The molecular weight excluding hydrogens is 362 g/mol. The summed E-state index contributed by atoms with van der Waals surface area (Å²) in [6.07, 6.45) is 4.76. The Balaban J connectivity index is 1.64. The molecule has 27 heavy (non-hydrogen) atoms. The number of hydrogen-bond acceptors (Lipinski definition) is 6. The first-order valence-corrected chi connectivity index (χ1v) is 10.2. The van der Waals surface area contributed by atoms with Crippen LogP contribution in [0.4, 0.5) is 0 Å². The molecule has 2 aromatic rings. The molecule has 7 heteroatoms. The van der Waals surface area contributed by atoms with Crippen LogP contribution in [0.25, 0.3) is 10.6 Å². The molecule has 1 aromatic heterocycles. The summed E-state index contributed by atoms with van der Waals surface area (Å²) in [4.78, 5) is 17.1. The van der Waals surface area contributed by atoms with Crippen molar-refractivity contribution in [2.75, 3.05) is 20.8 Å². The number of rotatable bonds is 7. The van der Waals surface area contributed by atoms with Crippen molar-refractivity contribution in [2.45, 2.75) is 38.1 Å². The van der Waals surface area contributed by atoms with Gasteiger partial charge < -0.3 is 20.5 Å². The fraction of sp³-hybridized carbons (Fsp3) is 0.500. The molecule has 1 aromatic carbocycles. The zero-order valence-electron chi connectivity index (χ0n) is 15.9. The molecule has 0 radical (unpaired) electrons. The molecule has 6 nitrogen and oxygen atoms in total. The average molecular weight is 390 g/mol. The predicted octanol–water partition coefficient (Wildman–Crippen LogP) is 3.00. The lowest BCUT2D eigenvalue weighted by Gasteiger charge is -2.31. The summed E-state index contributed by atoms with van der Waals surface area (Å²) in [6, 6.07) is 5.89. The van der Waals surface area contributed by atoms with Gasteiger partial charge in [0.25, 0.3) is 0 Å². The second-order valence-corrected chi connectivity index (χ2v) is 7.70. The molecule has 0 bridgehead atoms. The third-order valence-electron chi connectivity index (χ3n) is 5.08. The van der Waals surface area contributed by atoms with Gasteiger partial charge in [0.1, 0.15) is 5.01 Å². The molecule has 1 saturated carbocycles. The van der Waals surface area contributed by atoms with Crippen LogP contribution in [0.2, 0.25) is 0 Å². The van der Waals surface area contributed by atoms with Crippen molar-refractivity contribution in [3.05, 3.63) is 29.3 Å². The molecule has 3 N–H and O–H groups in total. The molecule has 1 heterocycles. The van der Waals surface area contributed by atoms with E-state index in [1.54, 1.807) is 14.2 Å². The quantitative estimate of drug-likeness (QED) is 0.760. The lowest BCUT2D eigenvalue weighted by atomic mass is 9.84. The highest BCUT2D eigenvalue weighted by Gasteiger charge is 2.25. The molecule has 1 fully saturated rings. The van der Waals surface area contributed by atoms with Crippen LogP contribution in [0.15, 0.2) is 23.6 Å². The van der Waals surface area contributed by atoms with E-state index < -0.39 is 0 Å². The number of nitrogens with one attached hydrogen (secondary N) is 1. The maximum atomic E-state index is 12.4. The van der Waals surface area contributed by atoms with Crippen molar-refractivity contribution >= 4 is 17.2 Å². The van der Waals surface area contributed by atoms with Gasteiger partial charge >= 0.3 is 0 Å². The predicted molar refractivity (Wildman–Crippen MR) is 107 cm³/mol. The Morgan fingerprint density at radius 3 is 2.78 bits per heavy atom. The summed E-state index contributed by atoms with van der Waals surface area (Å²) < 4.78 is 10.6. The van der Waals surface area contributed by atoms with Gasteiger partial charge in [-0.15, -0.1) is 11.3 Å². The normalized spacial score (nSPS) is 19.5. The highest BCUT2D eigenvalue weighted by Crippen LogP contribution is 2.33. The minimum Gasteiger partial charge on any atom is -0.493 e. The molecular formula is C20H27N3O3S. The van der Waals surface area contributed by atoms with E-state index >= 15 is 0 Å². The first kappa shape index (κ1) is 19.6. The lowest BCUT2D eigenvalue weighted by Crippen LogP contribution is -2.45. The van der Waals surface area contributed by atoms with Crippen molar-refractivity contribution in [2.24, 2.45) is 11.7 Å². The fourth-order valence-corrected chi connectivity index (χ4v) is 4.41. The minimum atomic E-state index is 0.0181. The van der Waals surface area contributed by atoms with Crippen molar-refractivity contribution in [1.29, 1.82) is 0 Å². The Morgan fingerprint density at radius 2 is 2.04 bits per heavy atom. The van der Waals surface area contributed by atoms with Crippen LogP contribution in [-0.4, -0.2) is 37.7 Å². The zero-order chi connectivity index (χ0) is 19.2. The summed E-state index contributed by atoms with van der Waals surface area (Å²) in [7, 11) is 3.22. The van der Waals surface area contributed by atoms with Gasteiger partial charge in [-0.2, -0.15) is 0 Å². The molecule has 1 aliphatic rings. The first-order valence-electron chi connectivity index (χ1n) is 9.30. The van der Waals surface area contributed by atoms with E-state index in [-0.39, 0.29) is 18.4 Å². The summed E-state index contributed by atoms with van der Waals surface area (Å²) in [6.45, 7) is 0.630. The molecule has 0 aliphatic heterocycles. The van der Waals surface area contributed by atoms with Crippen LogP contribution in [0.3, 0.4) is 0 Å². The monoisotopic (exact) mass is 389 g/mol. The highest BCUT2D eigenvalue weighted by atomic mass is 32.1. The highest BCUT2D eigenvalue weighted by molar-refractivity contribution is 7.13. The van der Waals surface area contributed by atoms with Crippen LogP contribution in [0.1, 0.15) is 31.4 Å². The van der Waals surface area contributed by atoms with Gasteiger partial charge in [0.05, 0.1) is 26.3 Å². The summed E-state index contributed by atoms with van der Waals surface area (Å²) in [5.41, 5.74) is 7.58. The fourth-order valence-electron chi connectivity index (χ4n) is 3.59. The number of ether oxygens (including phenoxy) is 2. The van der Waals surface area contributed by atoms with E-state index in [9.17, 15) is 4.79 Å². The van der Waals surface area contributed by atoms with Crippen molar-refractivity contribution < 1.29 is 14.3 Å². The van der Waals surface area contributed by atoms with Gasteiger partial charge in [-0.1, -0.05) is 12.8 Å². The molecule has 146 valence electrons. The number of carbonyl (C=O) groups excluding carboxylic acids is 1. The van der Waals surface area contributed by atoms with Gasteiger partial charge in [-0.25, -0.2) is 4.98 Å². The van der Waals surface area contributed by atoms with E-state index in [0.29, 0.717) is 24.0 Å². The Kier molecular flexibility index (Phi) is 6.68. The summed E-state index contributed by atoms with van der Waals surface area (Å²) in [5, 5.41) is 5.95. The standard InChI is InChI=1S/C20H27N3O3S/c1-25-17-8-7-13(9-18(17)26-2)20-22-15(12-27-20)10-19(24)23-16-6-4-3-5-14(16)11-21/h7-9,12,14,16H,3-6,10-11,21H2,1-2H3,(H,23,24). The number of aromatic nitrogens is 1. The Bertz CT molecular complexity index is 778. The van der Waals surface area contributed by atoms with Crippen LogP contribution < -0.4 is 20.5 Å². The number of hydrogen-bond donors (Lipinski definition) is 2. The average Bonchev–Trinajstić information content (AvgIpc) is 3.16. The van der Waals surface area contributed by atoms with Crippen LogP contribution in [0.5, 0.6) is 11.5 Å². The van der Waals surface area contributed by atoms with Gasteiger partial charge in [-0.3, -0.25) is 4.79 Å². The molecule has 2 atom stereocenters. The SMILES string of the molecule is COc1ccc(-c2nc(CC(=O)NC3CCCCC3CN)cs2)cc1OC. The Labute approximate surface area is 164 Å². The third-order valence-corrected chi connectivity index (χ3v) is 6.02. The van der Waals surface area contributed by atoms with E-state index in [0.717, 1.165) is 35.5 Å². The summed E-state index contributed by atoms with van der Waals surface area (Å²) in [5.74, 6) is 1.75. The van der Waals surface area contributed by atoms with Gasteiger partial charge in [0.15, 0.2) is 11.5 Å². The smallest absolute Gasteiger partial charge is 0.226 e. The molecule has 0 spiro atoms. The van der Waals surface area contributed by atoms with Crippen molar-refractivity contribution in [3.63, 3.8) is 0 Å². The van der Waals surface area contributed by atoms with E-state index in [2.05, 4.69) is 10.3 Å². The zero-order valence-corrected chi connectivity index (χ0v) is 16.7. The lowest BCUT2D eigenvalue weighted by molar-refractivity contribution is -0.121. The molecule has 1 aliphatic carbocycles. The number of carbonyl (C=O) groups is 1. The second kappa shape index (κ2) is 9.19. The molecule has 1 amide bonds. The molecule has 3 rings (SSSR count). The van der Waals surface area contributed by atoms with Crippen LogP contribution in [0, 0.1) is 5.92 Å². The van der Waals surface area contributed by atoms with Gasteiger partial charge in [-0.05, 0) is 43.5 Å². The van der Waals surface area contributed by atoms with Gasteiger partial charge in [0, 0.05) is 17.0 Å². The Morgan fingerprint density at radius 1 is 1.26 bits per heavy atom. The number of nitrogens with two attached hydrogens (primary N) is 1. The van der Waals surface area contributed by atoms with E-state index in [1.807, 2.05) is 23.6 Å². The number of benzene rings is 1. The maximum absolute atomic E-state index is 12.4. The minimum absolute atomic E-state index is 0.0181. The van der Waals surface area contributed by atoms with E-state index in [1.165, 1.54) is 17.8 Å². The maximum Gasteiger partial charge on any atom is 0.226 e. The second-order valence-electron chi connectivity index (χ2n) is 6.84. The third kappa shape index (κ3) is 4.78. The van der Waals surface area contributed by atoms with Crippen LogP contribution >= 0.6 is 11.3 Å². The van der Waals surface area contributed by atoms with Crippen molar-refractivity contribution in [3.8, 4) is 22.1 Å². The topological polar surface area (TPSA) is 86.5 Å². The van der Waals surface area contributed by atoms with Gasteiger partial charge in [0.2, 0.25) is 5.91 Å². The summed E-state index contributed by atoms with van der Waals surface area (Å²) >= 11 is 1.52. The molecule has 2 unspecified atom stereocenters. The van der Waals surface area contributed by atoms with Crippen LogP contribution in [-0.2, 0) is 11.2 Å². The van der Waals surface area contributed by atoms with Crippen molar-refractivity contribution in [1.82, 2.24) is 10.3 Å². The number of methoxy groups -OCH3 is 2. The molecule has 0 saturated heterocycles.